The fourth-order valence-corrected chi connectivity index (χ4v) is 2.40. The SMILES string of the molecule is CCC1(C)NC(=O)CN(Cc2ccccc2OC)C1=O. The van der Waals surface area contributed by atoms with Crippen LogP contribution in [0.25, 0.3) is 0 Å². The minimum Gasteiger partial charge on any atom is -0.496 e. The highest BCUT2D eigenvalue weighted by atomic mass is 16.5. The van der Waals surface area contributed by atoms with Gasteiger partial charge in [-0.25, -0.2) is 0 Å². The van der Waals surface area contributed by atoms with Crippen LogP contribution in [0.2, 0.25) is 0 Å². The number of carbonyl (C=O) groups excluding carboxylic acids is 2. The molecule has 1 aliphatic heterocycles. The molecule has 0 bridgehead atoms. The minimum absolute atomic E-state index is 0.0505. The number of amides is 2. The molecule has 1 atom stereocenters. The molecule has 1 heterocycles. The Labute approximate surface area is 118 Å². The second-order valence-electron chi connectivity index (χ2n) is 5.21. The zero-order valence-electron chi connectivity index (χ0n) is 12.1. The van der Waals surface area contributed by atoms with Gasteiger partial charge in [-0.15, -0.1) is 0 Å². The Morgan fingerprint density at radius 1 is 1.35 bits per heavy atom. The number of ether oxygens (including phenoxy) is 1. The maximum absolute atomic E-state index is 12.5. The van der Waals surface area contributed by atoms with Crippen molar-refractivity contribution in [3.8, 4) is 5.75 Å². The standard InChI is InChI=1S/C15H20N2O3/c1-4-15(2)14(19)17(10-13(18)16-15)9-11-7-5-6-8-12(11)20-3/h5-8H,4,9-10H2,1-3H3,(H,16,18). The van der Waals surface area contributed by atoms with Gasteiger partial charge in [0, 0.05) is 12.1 Å². The van der Waals surface area contributed by atoms with E-state index in [4.69, 9.17) is 4.74 Å². The van der Waals surface area contributed by atoms with Crippen molar-refractivity contribution in [2.24, 2.45) is 0 Å². The van der Waals surface area contributed by atoms with Gasteiger partial charge in [0.25, 0.3) is 0 Å². The number of nitrogens with zero attached hydrogens (tertiary/aromatic N) is 1. The van der Waals surface area contributed by atoms with E-state index in [1.54, 1.807) is 18.9 Å². The van der Waals surface area contributed by atoms with Crippen molar-refractivity contribution in [2.45, 2.75) is 32.4 Å². The van der Waals surface area contributed by atoms with E-state index in [-0.39, 0.29) is 18.4 Å². The molecule has 5 nitrogen and oxygen atoms in total. The molecule has 0 spiro atoms. The van der Waals surface area contributed by atoms with Gasteiger partial charge in [-0.05, 0) is 19.4 Å². The maximum atomic E-state index is 12.5. The molecule has 0 aliphatic carbocycles. The number of rotatable bonds is 4. The summed E-state index contributed by atoms with van der Waals surface area (Å²) < 4.78 is 5.29. The van der Waals surface area contributed by atoms with Crippen LogP contribution in [0, 0.1) is 0 Å². The quantitative estimate of drug-likeness (QED) is 0.902. The van der Waals surface area contributed by atoms with Gasteiger partial charge in [0.15, 0.2) is 0 Å². The predicted octanol–water partition coefficient (Wildman–Crippen LogP) is 1.32. The first kappa shape index (κ1) is 14.4. The van der Waals surface area contributed by atoms with Crippen LogP contribution in [0.15, 0.2) is 24.3 Å². The highest BCUT2D eigenvalue weighted by Crippen LogP contribution is 2.23. The number of para-hydroxylation sites is 1. The number of methoxy groups -OCH3 is 1. The Morgan fingerprint density at radius 3 is 2.70 bits per heavy atom. The fraction of sp³-hybridized carbons (Fsp3) is 0.467. The van der Waals surface area contributed by atoms with Crippen molar-refractivity contribution in [2.75, 3.05) is 13.7 Å². The molecular formula is C15H20N2O3. The van der Waals surface area contributed by atoms with Gasteiger partial charge >= 0.3 is 0 Å². The summed E-state index contributed by atoms with van der Waals surface area (Å²) >= 11 is 0. The molecule has 0 radical (unpaired) electrons. The summed E-state index contributed by atoms with van der Waals surface area (Å²) in [4.78, 5) is 25.9. The highest BCUT2D eigenvalue weighted by Gasteiger charge is 2.41. The first-order valence-electron chi connectivity index (χ1n) is 6.72. The Morgan fingerprint density at radius 2 is 2.05 bits per heavy atom. The number of benzene rings is 1. The number of nitrogens with one attached hydrogen (secondary N) is 1. The summed E-state index contributed by atoms with van der Waals surface area (Å²) in [6, 6.07) is 7.53. The number of piperazine rings is 1. The summed E-state index contributed by atoms with van der Waals surface area (Å²) in [5.41, 5.74) is 0.0914. The van der Waals surface area contributed by atoms with Crippen LogP contribution in [0.5, 0.6) is 5.75 Å². The minimum atomic E-state index is -0.808. The summed E-state index contributed by atoms with van der Waals surface area (Å²) in [6.45, 7) is 4.13. The van der Waals surface area contributed by atoms with Crippen LogP contribution in [-0.2, 0) is 16.1 Å². The lowest BCUT2D eigenvalue weighted by atomic mass is 9.94. The van der Waals surface area contributed by atoms with Gasteiger partial charge in [-0.1, -0.05) is 25.1 Å². The van der Waals surface area contributed by atoms with E-state index >= 15 is 0 Å². The lowest BCUT2D eigenvalue weighted by Gasteiger charge is -2.39. The van der Waals surface area contributed by atoms with Crippen molar-refractivity contribution < 1.29 is 14.3 Å². The van der Waals surface area contributed by atoms with Crippen LogP contribution >= 0.6 is 0 Å². The molecule has 2 amide bonds. The Bertz CT molecular complexity index is 530. The molecule has 1 N–H and O–H groups in total. The first-order valence-corrected chi connectivity index (χ1v) is 6.72. The summed E-state index contributed by atoms with van der Waals surface area (Å²) in [5.74, 6) is 0.554. The van der Waals surface area contributed by atoms with E-state index < -0.39 is 5.54 Å². The van der Waals surface area contributed by atoms with E-state index in [1.165, 1.54) is 0 Å². The average molecular weight is 276 g/mol. The molecule has 1 unspecified atom stereocenters. The van der Waals surface area contributed by atoms with E-state index in [2.05, 4.69) is 5.32 Å². The van der Waals surface area contributed by atoms with Crippen molar-refractivity contribution in [3.63, 3.8) is 0 Å². The van der Waals surface area contributed by atoms with Crippen LogP contribution in [0.1, 0.15) is 25.8 Å². The number of hydrogen-bond acceptors (Lipinski definition) is 3. The predicted molar refractivity (Wildman–Crippen MR) is 75.2 cm³/mol. The lowest BCUT2D eigenvalue weighted by Crippen LogP contribution is -2.64. The topological polar surface area (TPSA) is 58.6 Å². The number of carbonyl (C=O) groups is 2. The third-order valence-corrected chi connectivity index (χ3v) is 3.77. The smallest absolute Gasteiger partial charge is 0.248 e. The third kappa shape index (κ3) is 2.61. The number of hydrogen-bond donors (Lipinski definition) is 1. The molecular weight excluding hydrogens is 256 g/mol. The second-order valence-corrected chi connectivity index (χ2v) is 5.21. The highest BCUT2D eigenvalue weighted by molar-refractivity contribution is 5.97. The second kappa shape index (κ2) is 5.53. The molecule has 1 saturated heterocycles. The Kier molecular flexibility index (Phi) is 3.97. The van der Waals surface area contributed by atoms with Crippen LogP contribution in [0.4, 0.5) is 0 Å². The molecule has 2 rings (SSSR count). The van der Waals surface area contributed by atoms with Crippen LogP contribution in [0.3, 0.4) is 0 Å². The Hall–Kier alpha value is -2.04. The monoisotopic (exact) mass is 276 g/mol. The van der Waals surface area contributed by atoms with Gasteiger partial charge in [-0.3, -0.25) is 9.59 Å². The third-order valence-electron chi connectivity index (χ3n) is 3.77. The van der Waals surface area contributed by atoms with E-state index in [0.717, 1.165) is 11.3 Å². The van der Waals surface area contributed by atoms with Crippen LogP contribution < -0.4 is 10.1 Å². The average Bonchev–Trinajstić information content (AvgIpc) is 2.45. The zero-order chi connectivity index (χ0) is 14.8. The summed E-state index contributed by atoms with van der Waals surface area (Å²) in [6.07, 6.45) is 0.569. The molecule has 0 aromatic heterocycles. The molecule has 5 heteroatoms. The van der Waals surface area contributed by atoms with Crippen molar-refractivity contribution in [1.82, 2.24) is 10.2 Å². The molecule has 20 heavy (non-hydrogen) atoms. The van der Waals surface area contributed by atoms with Gasteiger partial charge in [0.2, 0.25) is 11.8 Å². The fourth-order valence-electron chi connectivity index (χ4n) is 2.40. The Balaban J connectivity index is 2.24. The largest absolute Gasteiger partial charge is 0.496 e. The first-order chi connectivity index (χ1) is 9.50. The van der Waals surface area contributed by atoms with Gasteiger partial charge in [-0.2, -0.15) is 0 Å². The van der Waals surface area contributed by atoms with Gasteiger partial charge in [0.05, 0.1) is 13.7 Å². The molecule has 1 aromatic rings. The maximum Gasteiger partial charge on any atom is 0.248 e. The summed E-state index contributed by atoms with van der Waals surface area (Å²) in [7, 11) is 1.60. The molecule has 1 aromatic carbocycles. The summed E-state index contributed by atoms with van der Waals surface area (Å²) in [5, 5.41) is 2.78. The molecule has 108 valence electrons. The molecule has 1 fully saturated rings. The zero-order valence-corrected chi connectivity index (χ0v) is 12.1. The van der Waals surface area contributed by atoms with Gasteiger partial charge < -0.3 is 15.0 Å². The van der Waals surface area contributed by atoms with E-state index in [9.17, 15) is 9.59 Å². The van der Waals surface area contributed by atoms with Crippen LogP contribution in [-0.4, -0.2) is 35.9 Å². The van der Waals surface area contributed by atoms with E-state index in [1.807, 2.05) is 31.2 Å². The van der Waals surface area contributed by atoms with Crippen molar-refractivity contribution in [1.29, 1.82) is 0 Å². The molecule has 0 saturated carbocycles. The lowest BCUT2D eigenvalue weighted by molar-refractivity contribution is -0.149. The van der Waals surface area contributed by atoms with Crippen molar-refractivity contribution >= 4 is 11.8 Å². The normalized spacial score (nSPS) is 22.6. The van der Waals surface area contributed by atoms with E-state index in [0.29, 0.717) is 13.0 Å². The van der Waals surface area contributed by atoms with Gasteiger partial charge in [0.1, 0.15) is 11.3 Å². The molecule has 1 aliphatic rings. The van der Waals surface area contributed by atoms with Crippen molar-refractivity contribution in [3.05, 3.63) is 29.8 Å².